The molecule has 18 heavy (non-hydrogen) atoms. The maximum Gasteiger partial charge on any atom is 0.182 e. The second-order valence-corrected chi connectivity index (χ2v) is 4.17. The highest BCUT2D eigenvalue weighted by Crippen LogP contribution is 2.19. The molecule has 0 spiro atoms. The van der Waals surface area contributed by atoms with E-state index in [4.69, 9.17) is 16.9 Å². The predicted octanol–water partition coefficient (Wildman–Crippen LogP) is 2.92. The Kier molecular flexibility index (Phi) is 2.47. The van der Waals surface area contributed by atoms with Crippen molar-refractivity contribution in [2.45, 2.75) is 0 Å². The van der Waals surface area contributed by atoms with E-state index in [1.807, 2.05) is 18.2 Å². The molecule has 3 aromatic rings. The van der Waals surface area contributed by atoms with Gasteiger partial charge >= 0.3 is 0 Å². The minimum atomic E-state index is 0.459. The van der Waals surface area contributed by atoms with Crippen molar-refractivity contribution in [3.05, 3.63) is 53.2 Å². The third-order valence-corrected chi connectivity index (χ3v) is 2.83. The minimum absolute atomic E-state index is 0.459. The Balaban J connectivity index is 2.20. The SMILES string of the molecule is N#Cc1cccc2nc(-c3ccc(Cl)cc3)nn12. The minimum Gasteiger partial charge on any atom is -0.207 e. The average molecular weight is 255 g/mol. The summed E-state index contributed by atoms with van der Waals surface area (Å²) in [5.74, 6) is 0.578. The molecule has 0 atom stereocenters. The van der Waals surface area contributed by atoms with Crippen LogP contribution in [0.3, 0.4) is 0 Å². The zero-order valence-electron chi connectivity index (χ0n) is 9.21. The van der Waals surface area contributed by atoms with E-state index >= 15 is 0 Å². The Morgan fingerprint density at radius 1 is 1.11 bits per heavy atom. The van der Waals surface area contributed by atoms with Crippen LogP contribution in [0.4, 0.5) is 0 Å². The number of benzene rings is 1. The van der Waals surface area contributed by atoms with Gasteiger partial charge in [-0.25, -0.2) is 9.50 Å². The van der Waals surface area contributed by atoms with Crippen molar-refractivity contribution in [1.29, 1.82) is 5.26 Å². The number of hydrogen-bond acceptors (Lipinski definition) is 3. The molecule has 0 bridgehead atoms. The number of aromatic nitrogens is 3. The third-order valence-electron chi connectivity index (χ3n) is 2.58. The molecule has 0 N–H and O–H groups in total. The van der Waals surface area contributed by atoms with Gasteiger partial charge in [-0.2, -0.15) is 5.26 Å². The maximum atomic E-state index is 9.00. The fourth-order valence-electron chi connectivity index (χ4n) is 1.71. The van der Waals surface area contributed by atoms with Crippen LogP contribution in [0, 0.1) is 11.3 Å². The number of fused-ring (bicyclic) bond motifs is 1. The number of halogens is 1. The van der Waals surface area contributed by atoms with E-state index in [-0.39, 0.29) is 0 Å². The quantitative estimate of drug-likeness (QED) is 0.671. The largest absolute Gasteiger partial charge is 0.207 e. The molecule has 0 aliphatic rings. The predicted molar refractivity (Wildman–Crippen MR) is 68.1 cm³/mol. The molecule has 2 aromatic heterocycles. The lowest BCUT2D eigenvalue weighted by atomic mass is 10.2. The lowest BCUT2D eigenvalue weighted by molar-refractivity contribution is 0.945. The molecule has 86 valence electrons. The Labute approximate surface area is 108 Å². The van der Waals surface area contributed by atoms with Gasteiger partial charge in [0, 0.05) is 10.6 Å². The van der Waals surface area contributed by atoms with Crippen LogP contribution < -0.4 is 0 Å². The van der Waals surface area contributed by atoms with Gasteiger partial charge in [-0.1, -0.05) is 17.7 Å². The molecule has 5 heteroatoms. The van der Waals surface area contributed by atoms with E-state index in [0.29, 0.717) is 22.2 Å². The fourth-order valence-corrected chi connectivity index (χ4v) is 1.84. The van der Waals surface area contributed by atoms with Gasteiger partial charge in [-0.3, -0.25) is 0 Å². The zero-order chi connectivity index (χ0) is 12.5. The first kappa shape index (κ1) is 10.8. The van der Waals surface area contributed by atoms with Crippen LogP contribution in [0.2, 0.25) is 5.02 Å². The van der Waals surface area contributed by atoms with Gasteiger partial charge in [-0.05, 0) is 36.4 Å². The molecule has 0 radical (unpaired) electrons. The maximum absolute atomic E-state index is 9.00. The summed E-state index contributed by atoms with van der Waals surface area (Å²) in [6.45, 7) is 0. The van der Waals surface area contributed by atoms with E-state index in [1.54, 1.807) is 24.3 Å². The summed E-state index contributed by atoms with van der Waals surface area (Å²) in [6, 6.07) is 14.7. The molecular weight excluding hydrogens is 248 g/mol. The van der Waals surface area contributed by atoms with Crippen molar-refractivity contribution in [2.75, 3.05) is 0 Å². The van der Waals surface area contributed by atoms with Gasteiger partial charge < -0.3 is 0 Å². The van der Waals surface area contributed by atoms with Crippen LogP contribution in [0.15, 0.2) is 42.5 Å². The van der Waals surface area contributed by atoms with E-state index in [9.17, 15) is 0 Å². The summed E-state index contributed by atoms with van der Waals surface area (Å²) >= 11 is 5.84. The first-order valence-corrected chi connectivity index (χ1v) is 5.67. The zero-order valence-corrected chi connectivity index (χ0v) is 9.96. The molecule has 0 amide bonds. The van der Waals surface area contributed by atoms with Crippen molar-refractivity contribution in [2.24, 2.45) is 0 Å². The number of nitrogens with zero attached hydrogens (tertiary/aromatic N) is 4. The van der Waals surface area contributed by atoms with Crippen LogP contribution in [-0.2, 0) is 0 Å². The first-order chi connectivity index (χ1) is 8.78. The summed E-state index contributed by atoms with van der Waals surface area (Å²) in [5, 5.41) is 14.0. The molecule has 0 aliphatic heterocycles. The monoisotopic (exact) mass is 254 g/mol. The van der Waals surface area contributed by atoms with Crippen molar-refractivity contribution in [1.82, 2.24) is 14.6 Å². The fraction of sp³-hybridized carbons (Fsp3) is 0. The summed E-state index contributed by atoms with van der Waals surface area (Å²) in [5.41, 5.74) is 1.98. The van der Waals surface area contributed by atoms with Gasteiger partial charge in [0.05, 0.1) is 0 Å². The van der Waals surface area contributed by atoms with Crippen LogP contribution >= 0.6 is 11.6 Å². The summed E-state index contributed by atoms with van der Waals surface area (Å²) in [6.07, 6.45) is 0. The average Bonchev–Trinajstić information content (AvgIpc) is 2.83. The smallest absolute Gasteiger partial charge is 0.182 e. The van der Waals surface area contributed by atoms with E-state index in [0.717, 1.165) is 5.56 Å². The lowest BCUT2D eigenvalue weighted by Crippen LogP contribution is -1.93. The summed E-state index contributed by atoms with van der Waals surface area (Å²) in [7, 11) is 0. The van der Waals surface area contributed by atoms with Crippen molar-refractivity contribution < 1.29 is 0 Å². The van der Waals surface area contributed by atoms with Gasteiger partial charge in [0.1, 0.15) is 11.8 Å². The highest BCUT2D eigenvalue weighted by molar-refractivity contribution is 6.30. The molecule has 0 fully saturated rings. The van der Waals surface area contributed by atoms with Crippen LogP contribution in [0.25, 0.3) is 17.0 Å². The number of rotatable bonds is 1. The highest BCUT2D eigenvalue weighted by Gasteiger charge is 2.08. The summed E-state index contributed by atoms with van der Waals surface area (Å²) in [4.78, 5) is 4.38. The number of hydrogen-bond donors (Lipinski definition) is 0. The second-order valence-electron chi connectivity index (χ2n) is 3.74. The van der Waals surface area contributed by atoms with Crippen molar-refractivity contribution in [3.8, 4) is 17.5 Å². The molecule has 0 unspecified atom stereocenters. The standard InChI is InChI=1S/C13H7ClN4/c14-10-6-4-9(5-7-10)13-16-12-3-1-2-11(8-15)18(12)17-13/h1-7H. The van der Waals surface area contributed by atoms with Crippen LogP contribution in [0.1, 0.15) is 5.69 Å². The Hall–Kier alpha value is -2.38. The number of nitriles is 1. The molecule has 2 heterocycles. The van der Waals surface area contributed by atoms with Crippen molar-refractivity contribution in [3.63, 3.8) is 0 Å². The lowest BCUT2D eigenvalue weighted by Gasteiger charge is -1.94. The topological polar surface area (TPSA) is 54.0 Å². The highest BCUT2D eigenvalue weighted by atomic mass is 35.5. The van der Waals surface area contributed by atoms with Gasteiger partial charge in [0.15, 0.2) is 11.5 Å². The van der Waals surface area contributed by atoms with E-state index in [1.165, 1.54) is 4.52 Å². The van der Waals surface area contributed by atoms with Gasteiger partial charge in [-0.15, -0.1) is 5.10 Å². The molecule has 4 nitrogen and oxygen atoms in total. The Morgan fingerprint density at radius 3 is 2.61 bits per heavy atom. The second kappa shape index (κ2) is 4.13. The van der Waals surface area contributed by atoms with Gasteiger partial charge in [0.2, 0.25) is 0 Å². The number of pyridine rings is 1. The molecule has 0 saturated heterocycles. The Bertz CT molecular complexity index is 753. The van der Waals surface area contributed by atoms with E-state index < -0.39 is 0 Å². The van der Waals surface area contributed by atoms with Crippen molar-refractivity contribution >= 4 is 17.2 Å². The van der Waals surface area contributed by atoms with Crippen LogP contribution in [-0.4, -0.2) is 14.6 Å². The molecular formula is C13H7ClN4. The van der Waals surface area contributed by atoms with Gasteiger partial charge in [0.25, 0.3) is 0 Å². The molecule has 3 rings (SSSR count). The molecule has 0 saturated carbocycles. The first-order valence-electron chi connectivity index (χ1n) is 5.30. The summed E-state index contributed by atoms with van der Waals surface area (Å²) < 4.78 is 1.53. The third kappa shape index (κ3) is 1.71. The molecule has 1 aromatic carbocycles. The Morgan fingerprint density at radius 2 is 1.89 bits per heavy atom. The van der Waals surface area contributed by atoms with Crippen LogP contribution in [0.5, 0.6) is 0 Å². The molecule has 0 aliphatic carbocycles. The normalized spacial score (nSPS) is 10.4. The van der Waals surface area contributed by atoms with E-state index in [2.05, 4.69) is 16.2 Å².